The molecule has 7 saturated heterocycles. The number of ether oxygens (including phenoxy) is 6. The van der Waals surface area contributed by atoms with Crippen LogP contribution in [0.2, 0.25) is 0 Å². The van der Waals surface area contributed by atoms with Gasteiger partial charge in [-0.05, 0) is 76.5 Å². The van der Waals surface area contributed by atoms with Crippen LogP contribution in [0.1, 0.15) is 159 Å². The molecule has 0 N–H and O–H groups in total. The molecule has 11 heteroatoms. The first kappa shape index (κ1) is 47.3. The molecular formula is C41H72O11. The van der Waals surface area contributed by atoms with Crippen molar-refractivity contribution in [1.82, 2.24) is 0 Å². The van der Waals surface area contributed by atoms with Crippen molar-refractivity contribution in [3.8, 4) is 0 Å². The summed E-state index contributed by atoms with van der Waals surface area (Å²) in [4.78, 5) is 53.2. The molecule has 10 unspecified atom stereocenters. The van der Waals surface area contributed by atoms with E-state index in [-0.39, 0.29) is 60.0 Å². The van der Waals surface area contributed by atoms with E-state index in [9.17, 15) is 24.0 Å². The molecule has 0 spiro atoms. The lowest BCUT2D eigenvalue weighted by Crippen LogP contribution is -2.22. The Morgan fingerprint density at radius 1 is 0.481 bits per heavy atom. The van der Waals surface area contributed by atoms with Crippen molar-refractivity contribution in [3.05, 3.63) is 0 Å². The fourth-order valence-electron chi connectivity index (χ4n) is 8.02. The van der Waals surface area contributed by atoms with E-state index in [1.54, 1.807) is 0 Å². The molecule has 10 fully saturated rings. The lowest BCUT2D eigenvalue weighted by Gasteiger charge is -2.12. The number of carbonyl (C=O) groups excluding carboxylic acids is 5. The van der Waals surface area contributed by atoms with Gasteiger partial charge in [-0.3, -0.25) is 24.0 Å². The number of carbonyl (C=O) groups is 5. The topological polar surface area (TPSA) is 141 Å². The molecule has 0 aromatic heterocycles. The van der Waals surface area contributed by atoms with Crippen LogP contribution < -0.4 is 0 Å². The predicted octanol–water partition coefficient (Wildman–Crippen LogP) is 8.32. The lowest BCUT2D eigenvalue weighted by molar-refractivity contribution is -0.147. The van der Waals surface area contributed by atoms with Crippen LogP contribution in [0.15, 0.2) is 0 Å². The van der Waals surface area contributed by atoms with Gasteiger partial charge in [0.05, 0.1) is 37.1 Å². The molecule has 10 atom stereocenters. The van der Waals surface area contributed by atoms with Crippen molar-refractivity contribution in [2.75, 3.05) is 13.2 Å². The van der Waals surface area contributed by atoms with E-state index in [0.717, 1.165) is 70.1 Å². The Balaban J connectivity index is 0.000000309. The highest BCUT2D eigenvalue weighted by atomic mass is 16.6. The van der Waals surface area contributed by atoms with Gasteiger partial charge in [0.15, 0.2) is 0 Å². The summed E-state index contributed by atoms with van der Waals surface area (Å²) in [7, 11) is 0. The molecule has 0 amide bonds. The minimum Gasteiger partial charge on any atom is -0.466 e. The zero-order valence-corrected chi connectivity index (χ0v) is 34.1. The number of hydrogen-bond acceptors (Lipinski definition) is 11. The molecule has 10 aliphatic rings. The maximum Gasteiger partial charge on any atom is 0.312 e. The van der Waals surface area contributed by atoms with Crippen LogP contribution in [0.5, 0.6) is 0 Å². The summed E-state index contributed by atoms with van der Waals surface area (Å²) in [6.45, 7) is 21.3. The third-order valence-corrected chi connectivity index (χ3v) is 10.1. The first-order valence-electron chi connectivity index (χ1n) is 20.9. The highest BCUT2D eigenvalue weighted by molar-refractivity contribution is 5.77. The molecule has 52 heavy (non-hydrogen) atoms. The van der Waals surface area contributed by atoms with Gasteiger partial charge in [0.1, 0.15) is 24.4 Å². The number of cyclic esters (lactones) is 2. The summed E-state index contributed by atoms with van der Waals surface area (Å²) in [5, 5.41) is 0. The molecule has 0 aromatic carbocycles. The second-order valence-electron chi connectivity index (χ2n) is 13.0. The van der Waals surface area contributed by atoms with Gasteiger partial charge in [0.2, 0.25) is 0 Å². The van der Waals surface area contributed by atoms with Crippen molar-refractivity contribution < 1.29 is 52.4 Å². The van der Waals surface area contributed by atoms with Gasteiger partial charge < -0.3 is 28.4 Å². The molecule has 6 bridgehead atoms. The van der Waals surface area contributed by atoms with Crippen LogP contribution >= 0.6 is 0 Å². The maximum absolute atomic E-state index is 11.1. The van der Waals surface area contributed by atoms with Crippen molar-refractivity contribution in [2.45, 2.75) is 190 Å². The molecule has 7 heterocycles. The van der Waals surface area contributed by atoms with Crippen molar-refractivity contribution in [3.63, 3.8) is 0 Å². The summed E-state index contributed by atoms with van der Waals surface area (Å²) >= 11 is 0. The van der Waals surface area contributed by atoms with Crippen molar-refractivity contribution in [2.24, 2.45) is 29.6 Å². The van der Waals surface area contributed by atoms with Gasteiger partial charge in [-0.15, -0.1) is 0 Å². The van der Waals surface area contributed by atoms with Gasteiger partial charge in [-0.25, -0.2) is 0 Å². The second kappa shape index (κ2) is 26.1. The third kappa shape index (κ3) is 13.6. The average Bonchev–Trinajstić information content (AvgIpc) is 4.08. The zero-order valence-electron chi connectivity index (χ0n) is 34.1. The third-order valence-electron chi connectivity index (χ3n) is 10.1. The van der Waals surface area contributed by atoms with Crippen molar-refractivity contribution in [1.29, 1.82) is 0 Å². The summed E-state index contributed by atoms with van der Waals surface area (Å²) in [6, 6.07) is 0. The number of rotatable bonds is 0. The minimum atomic E-state index is -0.0463. The van der Waals surface area contributed by atoms with Gasteiger partial charge in [-0.2, -0.15) is 0 Å². The van der Waals surface area contributed by atoms with Crippen LogP contribution in [-0.2, 0) is 52.4 Å². The van der Waals surface area contributed by atoms with E-state index in [2.05, 4.69) is 9.47 Å². The summed E-state index contributed by atoms with van der Waals surface area (Å²) in [6.07, 6.45) is 15.1. The Morgan fingerprint density at radius 3 is 1.48 bits per heavy atom. The Bertz CT molecular complexity index is 997. The fraction of sp³-hybridized carbons (Fsp3) is 0.878. The first-order chi connectivity index (χ1) is 25.3. The predicted molar refractivity (Wildman–Crippen MR) is 199 cm³/mol. The largest absolute Gasteiger partial charge is 0.466 e. The van der Waals surface area contributed by atoms with Gasteiger partial charge >= 0.3 is 29.8 Å². The fourth-order valence-corrected chi connectivity index (χ4v) is 8.02. The van der Waals surface area contributed by atoms with Gasteiger partial charge in [0.25, 0.3) is 0 Å². The van der Waals surface area contributed by atoms with Crippen LogP contribution in [0.25, 0.3) is 0 Å². The van der Waals surface area contributed by atoms with E-state index in [1.807, 2.05) is 69.2 Å². The molecule has 0 aromatic rings. The summed E-state index contributed by atoms with van der Waals surface area (Å²) < 4.78 is 30.0. The normalized spacial score (nSPS) is 34.4. The Morgan fingerprint density at radius 2 is 1.08 bits per heavy atom. The molecular weight excluding hydrogens is 668 g/mol. The zero-order chi connectivity index (χ0) is 39.2. The molecule has 3 saturated carbocycles. The summed E-state index contributed by atoms with van der Waals surface area (Å²) in [5.74, 6) is 2.14. The molecule has 7 aliphatic heterocycles. The second-order valence-corrected chi connectivity index (χ2v) is 13.0. The van der Waals surface area contributed by atoms with E-state index in [4.69, 9.17) is 18.9 Å². The van der Waals surface area contributed by atoms with Gasteiger partial charge in [0, 0.05) is 25.2 Å². The standard InChI is InChI=1S/C8H10O2.C7H8O3.C7H10O2.C5H8O2.C4H6O2.5C2H6/c9-8-6-2-4-1-5(6)7(3-4)10-8;8-7-4-1-3-2-5(10-7)6(4)9-3;8-7-5-2-1-3-6(4-5)9-7;6-5-3-1-2-4-7-5;5-4-2-1-3-6-4;5*1-2/h4-7H,1-3H2;3-6H,1-2H2;5-6H,1-4H2;1-4H2;1-3H2;5*1-2H3. The van der Waals surface area contributed by atoms with Crippen LogP contribution in [0.3, 0.4) is 0 Å². The van der Waals surface area contributed by atoms with Crippen LogP contribution in [0, 0.1) is 29.6 Å². The number of fused-ring (bicyclic) bond motifs is 4. The Kier molecular flexibility index (Phi) is 23.8. The molecule has 10 rings (SSSR count). The highest BCUT2D eigenvalue weighted by Crippen LogP contribution is 2.54. The van der Waals surface area contributed by atoms with Crippen molar-refractivity contribution >= 4 is 29.8 Å². The van der Waals surface area contributed by atoms with E-state index in [1.165, 1.54) is 12.8 Å². The Labute approximate surface area is 314 Å². The summed E-state index contributed by atoms with van der Waals surface area (Å²) in [5.41, 5.74) is 0. The highest BCUT2D eigenvalue weighted by Gasteiger charge is 2.58. The SMILES string of the molecule is CC.CC.CC.CC.CC.O=C1CCCCO1.O=C1CCCO1.O=C1OC2CC3CC1C2C3.O=C1OC2CC3CC1C2O3.O=C1OC2CCCC1C2. The minimum absolute atomic E-state index is 0.0324. The molecule has 11 nitrogen and oxygen atoms in total. The first-order valence-corrected chi connectivity index (χ1v) is 20.9. The smallest absolute Gasteiger partial charge is 0.312 e. The molecule has 302 valence electrons. The van der Waals surface area contributed by atoms with Crippen LogP contribution in [-0.4, -0.2) is 73.6 Å². The van der Waals surface area contributed by atoms with Gasteiger partial charge in [-0.1, -0.05) is 69.2 Å². The monoisotopic (exact) mass is 741 g/mol. The quantitative estimate of drug-likeness (QED) is 0.175. The van der Waals surface area contributed by atoms with E-state index < -0.39 is 0 Å². The average molecular weight is 741 g/mol. The van der Waals surface area contributed by atoms with Crippen LogP contribution in [0.4, 0.5) is 0 Å². The number of esters is 5. The maximum atomic E-state index is 11.1. The van der Waals surface area contributed by atoms with E-state index in [0.29, 0.717) is 50.1 Å². The lowest BCUT2D eigenvalue weighted by atomic mass is 9.90. The Hall–Kier alpha value is -2.69. The molecule has 0 radical (unpaired) electrons. The van der Waals surface area contributed by atoms with E-state index >= 15 is 0 Å². The number of hydrogen-bond donors (Lipinski definition) is 0. The molecule has 3 aliphatic carbocycles.